The Balaban J connectivity index is 1.86. The minimum absolute atomic E-state index is 0.206. The molecular weight excluding hydrogens is 412 g/mol. The zero-order chi connectivity index (χ0) is 21.6. The molecule has 0 aromatic heterocycles. The van der Waals surface area contributed by atoms with Crippen LogP contribution < -0.4 is 4.74 Å². The van der Waals surface area contributed by atoms with E-state index in [2.05, 4.69) is 0 Å². The zero-order valence-corrected chi connectivity index (χ0v) is 17.6. The van der Waals surface area contributed by atoms with E-state index in [0.717, 1.165) is 11.1 Å². The highest BCUT2D eigenvalue weighted by atomic mass is 35.5. The molecule has 5 rings (SSSR count). The van der Waals surface area contributed by atoms with Crippen molar-refractivity contribution in [1.82, 2.24) is 0 Å². The molecule has 154 valence electrons. The van der Waals surface area contributed by atoms with Crippen LogP contribution >= 0.6 is 11.6 Å². The molecule has 0 bridgehead atoms. The molecule has 0 aliphatic carbocycles. The van der Waals surface area contributed by atoms with Gasteiger partial charge in [-0.25, -0.2) is 4.79 Å². The predicted octanol–water partition coefficient (Wildman–Crippen LogP) is 5.66. The molecule has 5 heteroatoms. The van der Waals surface area contributed by atoms with E-state index in [-0.39, 0.29) is 5.76 Å². The monoisotopic (exact) mass is 430 g/mol. The summed E-state index contributed by atoms with van der Waals surface area (Å²) in [5.41, 5.74) is 1.44. The summed E-state index contributed by atoms with van der Waals surface area (Å²) in [7, 11) is 0. The Morgan fingerprint density at radius 1 is 0.903 bits per heavy atom. The van der Waals surface area contributed by atoms with Crippen molar-refractivity contribution >= 4 is 29.3 Å². The lowest BCUT2D eigenvalue weighted by Gasteiger charge is -2.45. The van der Waals surface area contributed by atoms with Crippen LogP contribution in [0.2, 0.25) is 5.02 Å². The Morgan fingerprint density at radius 3 is 2.39 bits per heavy atom. The predicted molar refractivity (Wildman–Crippen MR) is 118 cm³/mol. The highest BCUT2D eigenvalue weighted by molar-refractivity contribution is 6.30. The second-order valence-corrected chi connectivity index (χ2v) is 8.13. The molecule has 2 heterocycles. The molecule has 0 unspecified atom stereocenters. The first-order chi connectivity index (χ1) is 15.1. The number of fused-ring (bicyclic) bond motifs is 3. The van der Waals surface area contributed by atoms with E-state index in [0.29, 0.717) is 28.3 Å². The number of carbonyl (C=O) groups excluding carboxylic acids is 2. The maximum Gasteiger partial charge on any atom is 0.343 e. The van der Waals surface area contributed by atoms with E-state index in [1.54, 1.807) is 30.3 Å². The van der Waals surface area contributed by atoms with Crippen LogP contribution in [0.25, 0.3) is 5.76 Å². The highest BCUT2D eigenvalue weighted by Gasteiger charge is 2.57. The van der Waals surface area contributed by atoms with E-state index in [1.807, 2.05) is 55.5 Å². The summed E-state index contributed by atoms with van der Waals surface area (Å²) < 4.78 is 11.6. The summed E-state index contributed by atoms with van der Waals surface area (Å²) >= 11 is 6.19. The summed E-state index contributed by atoms with van der Waals surface area (Å²) in [6.07, 6.45) is 0.453. The summed E-state index contributed by atoms with van der Waals surface area (Å²) in [6, 6.07) is 23.8. The van der Waals surface area contributed by atoms with Crippen LogP contribution in [-0.4, -0.2) is 11.9 Å². The van der Waals surface area contributed by atoms with Crippen LogP contribution in [0, 0.1) is 0 Å². The Kier molecular flexibility index (Phi) is 4.67. The molecular formula is C26H19ClO4. The van der Waals surface area contributed by atoms with Crippen LogP contribution in [0.15, 0.2) is 84.4 Å². The molecule has 0 fully saturated rings. The molecule has 3 aromatic rings. The molecule has 4 nitrogen and oxygen atoms in total. The third-order valence-electron chi connectivity index (χ3n) is 6.17. The first-order valence-corrected chi connectivity index (χ1v) is 10.5. The van der Waals surface area contributed by atoms with Crippen molar-refractivity contribution in [2.24, 2.45) is 0 Å². The van der Waals surface area contributed by atoms with Crippen LogP contribution in [0.1, 0.15) is 36.0 Å². The first-order valence-electron chi connectivity index (χ1n) is 10.1. The van der Waals surface area contributed by atoms with Gasteiger partial charge in [0.15, 0.2) is 0 Å². The molecule has 0 amide bonds. The van der Waals surface area contributed by atoms with Gasteiger partial charge in [-0.1, -0.05) is 79.2 Å². The van der Waals surface area contributed by atoms with E-state index in [9.17, 15) is 9.59 Å². The van der Waals surface area contributed by atoms with Gasteiger partial charge >= 0.3 is 11.9 Å². The van der Waals surface area contributed by atoms with Gasteiger partial charge in [-0.05, 0) is 30.2 Å². The van der Waals surface area contributed by atoms with Gasteiger partial charge in [0.25, 0.3) is 0 Å². The summed E-state index contributed by atoms with van der Waals surface area (Å²) in [5.74, 6) is -0.783. The van der Waals surface area contributed by atoms with Crippen molar-refractivity contribution in [3.8, 4) is 5.75 Å². The topological polar surface area (TPSA) is 52.6 Å². The second-order valence-electron chi connectivity index (χ2n) is 7.69. The van der Waals surface area contributed by atoms with Crippen molar-refractivity contribution in [3.63, 3.8) is 0 Å². The molecule has 0 spiro atoms. The Morgan fingerprint density at radius 2 is 1.65 bits per heavy atom. The third kappa shape index (κ3) is 2.90. The van der Waals surface area contributed by atoms with Gasteiger partial charge in [-0.2, -0.15) is 0 Å². The van der Waals surface area contributed by atoms with Crippen molar-refractivity contribution < 1.29 is 19.1 Å². The van der Waals surface area contributed by atoms with Gasteiger partial charge < -0.3 is 9.47 Å². The fourth-order valence-corrected chi connectivity index (χ4v) is 4.94. The lowest BCUT2D eigenvalue weighted by molar-refractivity contribution is -0.147. The fraction of sp³-hybridized carbons (Fsp3) is 0.154. The third-order valence-corrected chi connectivity index (χ3v) is 6.41. The van der Waals surface area contributed by atoms with Gasteiger partial charge in [-0.3, -0.25) is 4.79 Å². The van der Waals surface area contributed by atoms with Crippen LogP contribution in [-0.2, 0) is 19.7 Å². The van der Waals surface area contributed by atoms with E-state index < -0.39 is 23.3 Å². The second kappa shape index (κ2) is 7.40. The smallest absolute Gasteiger partial charge is 0.343 e. The van der Waals surface area contributed by atoms with Crippen LogP contribution in [0.3, 0.4) is 0 Å². The lowest BCUT2D eigenvalue weighted by Crippen LogP contribution is -2.49. The van der Waals surface area contributed by atoms with Gasteiger partial charge in [0.05, 0.1) is 5.57 Å². The Labute approximate surface area is 185 Å². The number of ether oxygens (including phenoxy) is 2. The van der Waals surface area contributed by atoms with E-state index in [1.165, 1.54) is 0 Å². The van der Waals surface area contributed by atoms with Crippen molar-refractivity contribution in [2.45, 2.75) is 24.7 Å². The van der Waals surface area contributed by atoms with Gasteiger partial charge in [-0.15, -0.1) is 0 Å². The molecule has 2 aliphatic rings. The van der Waals surface area contributed by atoms with Gasteiger partial charge in [0.2, 0.25) is 0 Å². The normalized spacial score (nSPS) is 22.3. The average molecular weight is 431 g/mol. The lowest BCUT2D eigenvalue weighted by atomic mass is 9.61. The zero-order valence-electron chi connectivity index (χ0n) is 16.8. The number of esters is 2. The SMILES string of the molecule is CC[C@]1(c2ccccc2)C(=O)OC(c2cccc(Cl)c2)=C2C(=O)Oc3ccccc3[C@H]21. The molecule has 0 saturated heterocycles. The van der Waals surface area contributed by atoms with Crippen LogP contribution in [0.5, 0.6) is 5.75 Å². The standard InChI is InChI=1S/C26H19ClO4/c1-2-26(17-10-4-3-5-11-17)22-19-13-6-7-14-20(19)30-24(28)21(22)23(31-25(26)29)16-9-8-12-18(27)15-16/h3-15,22H,2H2,1H3/t22-,26-/m1/s1. The number of benzene rings is 3. The van der Waals surface area contributed by atoms with E-state index in [4.69, 9.17) is 21.1 Å². The van der Waals surface area contributed by atoms with Crippen molar-refractivity contribution in [3.05, 3.63) is 106 Å². The number of hydrogen-bond donors (Lipinski definition) is 0. The maximum absolute atomic E-state index is 13.7. The molecule has 0 N–H and O–H groups in total. The molecule has 31 heavy (non-hydrogen) atoms. The van der Waals surface area contributed by atoms with Crippen LogP contribution in [0.4, 0.5) is 0 Å². The van der Waals surface area contributed by atoms with Gasteiger partial charge in [0.1, 0.15) is 16.9 Å². The Hall–Kier alpha value is -3.37. The number of para-hydroxylation sites is 1. The number of cyclic esters (lactones) is 1. The number of carbonyl (C=O) groups is 2. The summed E-state index contributed by atoms with van der Waals surface area (Å²) in [5, 5.41) is 0.484. The van der Waals surface area contributed by atoms with Crippen molar-refractivity contribution in [2.75, 3.05) is 0 Å². The van der Waals surface area contributed by atoms with Crippen molar-refractivity contribution in [1.29, 1.82) is 0 Å². The molecule has 2 aliphatic heterocycles. The fourth-order valence-electron chi connectivity index (χ4n) is 4.75. The van der Waals surface area contributed by atoms with Gasteiger partial charge in [0, 0.05) is 22.1 Å². The van der Waals surface area contributed by atoms with E-state index >= 15 is 0 Å². The summed E-state index contributed by atoms with van der Waals surface area (Å²) in [4.78, 5) is 27.0. The highest BCUT2D eigenvalue weighted by Crippen LogP contribution is 2.56. The number of hydrogen-bond acceptors (Lipinski definition) is 4. The minimum Gasteiger partial charge on any atom is -0.425 e. The molecule has 2 atom stereocenters. The summed E-state index contributed by atoms with van der Waals surface area (Å²) in [6.45, 7) is 1.94. The molecule has 0 radical (unpaired) electrons. The maximum atomic E-state index is 13.7. The largest absolute Gasteiger partial charge is 0.425 e. The minimum atomic E-state index is -1.06. The Bertz CT molecular complexity index is 1230. The first kappa shape index (κ1) is 19.6. The number of halogens is 1. The quantitative estimate of drug-likeness (QED) is 0.397. The molecule has 3 aromatic carbocycles. The average Bonchev–Trinajstić information content (AvgIpc) is 2.79. The number of rotatable bonds is 3. The molecule has 0 saturated carbocycles.